The van der Waals surface area contributed by atoms with Crippen molar-refractivity contribution in [2.45, 2.75) is 13.8 Å². The fourth-order valence-electron chi connectivity index (χ4n) is 1.46. The zero-order chi connectivity index (χ0) is 14.4. The molecule has 0 bridgehead atoms. The van der Waals surface area contributed by atoms with Crippen molar-refractivity contribution >= 4 is 5.69 Å². The topological polar surface area (TPSA) is 85.4 Å². The molecule has 2 rings (SSSR count). The fourth-order valence-corrected chi connectivity index (χ4v) is 1.46. The summed E-state index contributed by atoms with van der Waals surface area (Å²) in [6, 6.07) is 8.34. The number of pyridine rings is 1. The van der Waals surface area contributed by atoms with E-state index in [0.29, 0.717) is 5.69 Å². The third kappa shape index (κ3) is 3.19. The summed E-state index contributed by atoms with van der Waals surface area (Å²) in [7, 11) is 0. The van der Waals surface area contributed by atoms with Crippen LogP contribution in [-0.4, -0.2) is 14.6 Å². The predicted molar refractivity (Wildman–Crippen MR) is 71.7 cm³/mol. The van der Waals surface area contributed by atoms with E-state index in [9.17, 15) is 20.0 Å². The molecule has 1 N–H and O–H groups in total. The summed E-state index contributed by atoms with van der Waals surface area (Å²) in [6.07, 6.45) is 1.52. The van der Waals surface area contributed by atoms with Crippen molar-refractivity contribution in [2.24, 2.45) is 0 Å². The van der Waals surface area contributed by atoms with Crippen molar-refractivity contribution in [2.75, 3.05) is 0 Å². The molecule has 0 aliphatic rings. The van der Waals surface area contributed by atoms with Gasteiger partial charge >= 0.3 is 5.69 Å². The number of rotatable bonds is 2. The van der Waals surface area contributed by atoms with Gasteiger partial charge in [-0.25, -0.2) is 0 Å². The van der Waals surface area contributed by atoms with Crippen LogP contribution < -0.4 is 5.56 Å². The van der Waals surface area contributed by atoms with E-state index in [2.05, 4.69) is 0 Å². The second kappa shape index (κ2) is 6.34. The van der Waals surface area contributed by atoms with Crippen LogP contribution in [0.1, 0.15) is 13.8 Å². The number of phenols is 1. The SMILES string of the molecule is CC.O=c1ccccn1-c1ccc([N+](=O)[O-])c(O)c1. The zero-order valence-corrected chi connectivity index (χ0v) is 10.6. The normalized spacial score (nSPS) is 9.37. The number of hydrogen-bond donors (Lipinski definition) is 1. The monoisotopic (exact) mass is 262 g/mol. The Morgan fingerprint density at radius 2 is 1.89 bits per heavy atom. The number of aromatic nitrogens is 1. The number of phenolic OH excluding ortho intramolecular Hbond substituents is 1. The summed E-state index contributed by atoms with van der Waals surface area (Å²) in [4.78, 5) is 21.3. The first-order chi connectivity index (χ1) is 9.09. The summed E-state index contributed by atoms with van der Waals surface area (Å²) in [6.45, 7) is 4.00. The van der Waals surface area contributed by atoms with Gasteiger partial charge in [-0.1, -0.05) is 19.9 Å². The van der Waals surface area contributed by atoms with Gasteiger partial charge < -0.3 is 5.11 Å². The molecule has 0 amide bonds. The number of nitro groups is 1. The summed E-state index contributed by atoms with van der Waals surface area (Å²) in [5, 5.41) is 20.0. The molecule has 1 heterocycles. The van der Waals surface area contributed by atoms with E-state index in [0.717, 1.165) is 6.07 Å². The van der Waals surface area contributed by atoms with Crippen molar-refractivity contribution in [3.8, 4) is 11.4 Å². The van der Waals surface area contributed by atoms with Gasteiger partial charge in [0.05, 0.1) is 10.6 Å². The van der Waals surface area contributed by atoms with Crippen molar-refractivity contribution in [3.05, 3.63) is 63.1 Å². The van der Waals surface area contributed by atoms with Gasteiger partial charge in [-0.3, -0.25) is 19.5 Å². The molecular formula is C13H14N2O4. The lowest BCUT2D eigenvalue weighted by molar-refractivity contribution is -0.385. The molecule has 0 saturated carbocycles. The van der Waals surface area contributed by atoms with Crippen LogP contribution in [0.15, 0.2) is 47.4 Å². The van der Waals surface area contributed by atoms with Gasteiger partial charge in [-0.05, 0) is 12.1 Å². The van der Waals surface area contributed by atoms with Crippen molar-refractivity contribution in [1.29, 1.82) is 0 Å². The smallest absolute Gasteiger partial charge is 0.310 e. The molecule has 0 aliphatic carbocycles. The molecule has 0 atom stereocenters. The summed E-state index contributed by atoms with van der Waals surface area (Å²) in [5.74, 6) is -0.469. The van der Waals surface area contributed by atoms with E-state index in [1.807, 2.05) is 13.8 Å². The molecular weight excluding hydrogens is 248 g/mol. The van der Waals surface area contributed by atoms with Crippen LogP contribution in [0, 0.1) is 10.1 Å². The fraction of sp³-hybridized carbons (Fsp3) is 0.154. The standard InChI is InChI=1S/C11H8N2O4.C2H6/c14-10-7-8(4-5-9(10)13(16)17)12-6-2-1-3-11(12)15;1-2/h1-7,14H;1-2H3. The van der Waals surface area contributed by atoms with Gasteiger partial charge in [-0.15, -0.1) is 0 Å². The lowest BCUT2D eigenvalue weighted by Gasteiger charge is -2.05. The number of aromatic hydroxyl groups is 1. The number of hydrogen-bond acceptors (Lipinski definition) is 4. The van der Waals surface area contributed by atoms with Gasteiger partial charge in [-0.2, -0.15) is 0 Å². The van der Waals surface area contributed by atoms with Gasteiger partial charge in [0.25, 0.3) is 5.56 Å². The Labute approximate surface area is 109 Å². The van der Waals surface area contributed by atoms with Gasteiger partial charge in [0, 0.05) is 24.4 Å². The highest BCUT2D eigenvalue weighted by Gasteiger charge is 2.13. The van der Waals surface area contributed by atoms with E-state index in [1.54, 1.807) is 12.1 Å². The Morgan fingerprint density at radius 1 is 1.21 bits per heavy atom. The zero-order valence-electron chi connectivity index (χ0n) is 10.6. The third-order valence-electron chi connectivity index (χ3n) is 2.26. The molecule has 0 fully saturated rings. The Bertz CT molecular complexity index is 635. The molecule has 0 spiro atoms. The molecule has 19 heavy (non-hydrogen) atoms. The molecule has 2 aromatic rings. The van der Waals surface area contributed by atoms with Crippen LogP contribution >= 0.6 is 0 Å². The molecule has 0 aliphatic heterocycles. The average Bonchev–Trinajstić information content (AvgIpc) is 2.41. The molecule has 1 aromatic heterocycles. The summed E-state index contributed by atoms with van der Waals surface area (Å²) < 4.78 is 1.28. The first kappa shape index (κ1) is 14.4. The molecule has 0 unspecified atom stereocenters. The Hall–Kier alpha value is -2.63. The Balaban J connectivity index is 0.000000861. The molecule has 0 saturated heterocycles. The van der Waals surface area contributed by atoms with Crippen LogP contribution in [0.2, 0.25) is 0 Å². The number of benzene rings is 1. The maximum absolute atomic E-state index is 11.5. The van der Waals surface area contributed by atoms with E-state index < -0.39 is 16.4 Å². The van der Waals surface area contributed by atoms with Crippen LogP contribution in [0.25, 0.3) is 5.69 Å². The molecule has 6 nitrogen and oxygen atoms in total. The minimum Gasteiger partial charge on any atom is -0.502 e. The molecule has 0 radical (unpaired) electrons. The van der Waals surface area contributed by atoms with Crippen LogP contribution in [0.3, 0.4) is 0 Å². The molecule has 100 valence electrons. The predicted octanol–water partition coefficient (Wildman–Crippen LogP) is 2.48. The average molecular weight is 262 g/mol. The van der Waals surface area contributed by atoms with Crippen LogP contribution in [0.4, 0.5) is 5.69 Å². The third-order valence-corrected chi connectivity index (χ3v) is 2.26. The second-order valence-electron chi connectivity index (χ2n) is 3.34. The van der Waals surface area contributed by atoms with E-state index in [4.69, 9.17) is 0 Å². The number of nitrogens with zero attached hydrogens (tertiary/aromatic N) is 2. The van der Waals surface area contributed by atoms with Gasteiger partial charge in [0.15, 0.2) is 5.75 Å². The molecule has 6 heteroatoms. The first-order valence-corrected chi connectivity index (χ1v) is 5.75. The van der Waals surface area contributed by atoms with E-state index >= 15 is 0 Å². The lowest BCUT2D eigenvalue weighted by atomic mass is 10.2. The highest BCUT2D eigenvalue weighted by atomic mass is 16.6. The first-order valence-electron chi connectivity index (χ1n) is 5.75. The van der Waals surface area contributed by atoms with Crippen molar-refractivity contribution in [3.63, 3.8) is 0 Å². The minimum absolute atomic E-state index is 0.277. The van der Waals surface area contributed by atoms with Crippen molar-refractivity contribution in [1.82, 2.24) is 4.57 Å². The van der Waals surface area contributed by atoms with Crippen LogP contribution in [0.5, 0.6) is 5.75 Å². The highest BCUT2D eigenvalue weighted by molar-refractivity contribution is 5.52. The summed E-state index contributed by atoms with van der Waals surface area (Å²) >= 11 is 0. The van der Waals surface area contributed by atoms with Crippen molar-refractivity contribution < 1.29 is 10.0 Å². The van der Waals surface area contributed by atoms with E-state index in [1.165, 1.54) is 29.0 Å². The molecule has 1 aromatic carbocycles. The summed E-state index contributed by atoms with van der Waals surface area (Å²) in [5.41, 5.74) is -0.294. The lowest BCUT2D eigenvalue weighted by Crippen LogP contribution is -2.15. The van der Waals surface area contributed by atoms with E-state index in [-0.39, 0.29) is 5.56 Å². The van der Waals surface area contributed by atoms with Gasteiger partial charge in [0.2, 0.25) is 0 Å². The maximum Gasteiger partial charge on any atom is 0.310 e. The second-order valence-corrected chi connectivity index (χ2v) is 3.34. The highest BCUT2D eigenvalue weighted by Crippen LogP contribution is 2.27. The quantitative estimate of drug-likeness (QED) is 0.665. The Kier molecular flexibility index (Phi) is 4.82. The van der Waals surface area contributed by atoms with Gasteiger partial charge in [0.1, 0.15) is 0 Å². The number of nitro benzene ring substituents is 1. The van der Waals surface area contributed by atoms with Crippen LogP contribution in [-0.2, 0) is 0 Å². The Morgan fingerprint density at radius 3 is 2.42 bits per heavy atom. The maximum atomic E-state index is 11.5. The largest absolute Gasteiger partial charge is 0.502 e. The minimum atomic E-state index is -0.688.